The minimum atomic E-state index is 0.717. The zero-order valence-corrected chi connectivity index (χ0v) is 23.8. The first-order valence-electron chi connectivity index (χ1n) is 14.0. The van der Waals surface area contributed by atoms with Crippen molar-refractivity contribution in [3.05, 3.63) is 83.1 Å². The van der Waals surface area contributed by atoms with Gasteiger partial charge in [0.05, 0.1) is 28.7 Å². The SMILES string of the molecule is Cc1ccc(-c2[nH]c(-c3ccc4c(ncn4CCCC4CCN(C)CC4)c3C)nc2-c2ccc(Cl)cc2)cc1. The molecular formula is C33H36ClN5. The van der Waals surface area contributed by atoms with Crippen LogP contribution in [0.2, 0.25) is 5.02 Å². The minimum absolute atomic E-state index is 0.717. The van der Waals surface area contributed by atoms with Gasteiger partial charge in [-0.2, -0.15) is 0 Å². The van der Waals surface area contributed by atoms with E-state index in [1.165, 1.54) is 49.9 Å². The van der Waals surface area contributed by atoms with Crippen molar-refractivity contribution in [3.63, 3.8) is 0 Å². The Kier molecular flexibility index (Phi) is 7.28. The van der Waals surface area contributed by atoms with E-state index in [0.29, 0.717) is 0 Å². The molecule has 6 rings (SSSR count). The quantitative estimate of drug-likeness (QED) is 0.228. The smallest absolute Gasteiger partial charge is 0.138 e. The molecule has 1 saturated heterocycles. The molecule has 1 aliphatic heterocycles. The van der Waals surface area contributed by atoms with Gasteiger partial charge in [0.15, 0.2) is 0 Å². The third-order valence-corrected chi connectivity index (χ3v) is 8.56. The van der Waals surface area contributed by atoms with Crippen LogP contribution in [0.4, 0.5) is 0 Å². The number of likely N-dealkylation sites (tertiary alicyclic amines) is 1. The van der Waals surface area contributed by atoms with E-state index in [1.807, 2.05) is 30.6 Å². The number of hydrogen-bond donors (Lipinski definition) is 1. The van der Waals surface area contributed by atoms with Crippen LogP contribution in [0.1, 0.15) is 36.8 Å². The van der Waals surface area contributed by atoms with Crippen molar-refractivity contribution < 1.29 is 0 Å². The molecule has 0 saturated carbocycles. The molecule has 0 radical (unpaired) electrons. The van der Waals surface area contributed by atoms with Crippen LogP contribution in [0.25, 0.3) is 44.9 Å². The summed E-state index contributed by atoms with van der Waals surface area (Å²) in [6.07, 6.45) is 7.16. The molecule has 3 heterocycles. The Morgan fingerprint density at radius 1 is 0.923 bits per heavy atom. The number of fused-ring (bicyclic) bond motifs is 1. The van der Waals surface area contributed by atoms with Gasteiger partial charge in [-0.3, -0.25) is 0 Å². The Bertz CT molecular complexity index is 1510. The second-order valence-corrected chi connectivity index (χ2v) is 11.6. The summed E-state index contributed by atoms with van der Waals surface area (Å²) in [5, 5.41) is 0.717. The fourth-order valence-corrected chi connectivity index (χ4v) is 5.98. The molecule has 0 atom stereocenters. The summed E-state index contributed by atoms with van der Waals surface area (Å²) in [5.41, 5.74) is 9.77. The van der Waals surface area contributed by atoms with Crippen molar-refractivity contribution in [3.8, 4) is 33.9 Å². The number of benzene rings is 3. The average molecular weight is 538 g/mol. The van der Waals surface area contributed by atoms with Gasteiger partial charge >= 0.3 is 0 Å². The van der Waals surface area contributed by atoms with Gasteiger partial charge < -0.3 is 14.5 Å². The molecule has 200 valence electrons. The number of nitrogens with zero attached hydrogens (tertiary/aromatic N) is 4. The number of piperidine rings is 1. The van der Waals surface area contributed by atoms with E-state index < -0.39 is 0 Å². The van der Waals surface area contributed by atoms with E-state index in [-0.39, 0.29) is 0 Å². The second kappa shape index (κ2) is 11.0. The van der Waals surface area contributed by atoms with Crippen molar-refractivity contribution in [2.45, 2.75) is 46.1 Å². The number of aryl methyl sites for hydroxylation is 3. The van der Waals surface area contributed by atoms with Crippen LogP contribution in [-0.2, 0) is 6.54 Å². The predicted molar refractivity (Wildman–Crippen MR) is 162 cm³/mol. The number of rotatable bonds is 7. The van der Waals surface area contributed by atoms with E-state index in [4.69, 9.17) is 21.6 Å². The summed E-state index contributed by atoms with van der Waals surface area (Å²) in [6, 6.07) is 20.9. The molecule has 0 bridgehead atoms. The lowest BCUT2D eigenvalue weighted by molar-refractivity contribution is 0.209. The Hall–Kier alpha value is -3.41. The summed E-state index contributed by atoms with van der Waals surface area (Å²) in [7, 11) is 2.23. The molecule has 5 aromatic rings. The molecule has 0 amide bonds. The summed E-state index contributed by atoms with van der Waals surface area (Å²) >= 11 is 6.19. The number of hydrogen-bond acceptors (Lipinski definition) is 3. The molecule has 2 aromatic heterocycles. The maximum Gasteiger partial charge on any atom is 0.138 e. The molecule has 0 unspecified atom stereocenters. The van der Waals surface area contributed by atoms with Crippen LogP contribution < -0.4 is 0 Å². The maximum atomic E-state index is 6.19. The lowest BCUT2D eigenvalue weighted by atomic mass is 9.92. The first-order valence-corrected chi connectivity index (χ1v) is 14.4. The third-order valence-electron chi connectivity index (χ3n) is 8.31. The lowest BCUT2D eigenvalue weighted by Crippen LogP contribution is -2.30. The standard InChI is InChI=1S/C33H36ClN5/c1-22-6-8-25(9-7-22)31-32(26-10-12-27(34)13-11-26)37-33(36-31)28-14-15-29-30(23(28)2)35-21-39(29)18-4-5-24-16-19-38(3)20-17-24/h6-15,21,24H,4-5,16-20H2,1-3H3,(H,36,37). The average Bonchev–Trinajstić information content (AvgIpc) is 3.56. The Balaban J connectivity index is 1.30. The molecule has 3 aromatic carbocycles. The summed E-state index contributed by atoms with van der Waals surface area (Å²) in [4.78, 5) is 16.1. The van der Waals surface area contributed by atoms with E-state index in [9.17, 15) is 0 Å². The van der Waals surface area contributed by atoms with Gasteiger partial charge in [0.2, 0.25) is 0 Å². The normalized spacial score (nSPS) is 14.9. The topological polar surface area (TPSA) is 49.7 Å². The van der Waals surface area contributed by atoms with Crippen LogP contribution in [0, 0.1) is 19.8 Å². The number of aromatic nitrogens is 4. The molecule has 1 N–H and O–H groups in total. The van der Waals surface area contributed by atoms with Gasteiger partial charge in [0, 0.05) is 28.3 Å². The monoisotopic (exact) mass is 537 g/mol. The summed E-state index contributed by atoms with van der Waals surface area (Å²) in [6.45, 7) is 7.75. The molecular weight excluding hydrogens is 502 g/mol. The number of imidazole rings is 2. The van der Waals surface area contributed by atoms with Gasteiger partial charge in [-0.1, -0.05) is 53.6 Å². The fourth-order valence-electron chi connectivity index (χ4n) is 5.85. The van der Waals surface area contributed by atoms with Gasteiger partial charge in [-0.15, -0.1) is 0 Å². The van der Waals surface area contributed by atoms with Crippen molar-refractivity contribution in [2.24, 2.45) is 5.92 Å². The van der Waals surface area contributed by atoms with E-state index in [0.717, 1.165) is 62.5 Å². The number of halogens is 1. The van der Waals surface area contributed by atoms with Crippen LogP contribution >= 0.6 is 11.6 Å². The highest BCUT2D eigenvalue weighted by Gasteiger charge is 2.19. The first kappa shape index (κ1) is 25.8. The molecule has 1 fully saturated rings. The summed E-state index contributed by atoms with van der Waals surface area (Å²) < 4.78 is 2.32. The zero-order valence-electron chi connectivity index (χ0n) is 23.0. The predicted octanol–water partition coefficient (Wildman–Crippen LogP) is 8.15. The minimum Gasteiger partial charge on any atom is -0.337 e. The van der Waals surface area contributed by atoms with E-state index in [1.54, 1.807) is 0 Å². The first-order chi connectivity index (χ1) is 19.0. The van der Waals surface area contributed by atoms with Crippen molar-refractivity contribution in [1.29, 1.82) is 0 Å². The van der Waals surface area contributed by atoms with Crippen LogP contribution in [0.5, 0.6) is 0 Å². The highest BCUT2D eigenvalue weighted by molar-refractivity contribution is 6.30. The lowest BCUT2D eigenvalue weighted by Gasteiger charge is -2.28. The number of H-pyrrole nitrogens is 1. The highest BCUT2D eigenvalue weighted by atomic mass is 35.5. The van der Waals surface area contributed by atoms with Gasteiger partial charge in [0.25, 0.3) is 0 Å². The molecule has 1 aliphatic rings. The number of nitrogens with one attached hydrogen (secondary N) is 1. The maximum absolute atomic E-state index is 6.19. The Morgan fingerprint density at radius 2 is 1.64 bits per heavy atom. The van der Waals surface area contributed by atoms with Gasteiger partial charge in [-0.05, 0) is 95.4 Å². The molecule has 5 nitrogen and oxygen atoms in total. The molecule has 6 heteroatoms. The van der Waals surface area contributed by atoms with Crippen molar-refractivity contribution >= 4 is 22.6 Å². The largest absolute Gasteiger partial charge is 0.337 e. The van der Waals surface area contributed by atoms with Crippen LogP contribution in [0.15, 0.2) is 67.0 Å². The Labute approximate surface area is 235 Å². The van der Waals surface area contributed by atoms with E-state index >= 15 is 0 Å². The molecule has 0 spiro atoms. The zero-order chi connectivity index (χ0) is 26.9. The van der Waals surface area contributed by atoms with Crippen molar-refractivity contribution in [2.75, 3.05) is 20.1 Å². The van der Waals surface area contributed by atoms with Crippen LogP contribution in [0.3, 0.4) is 0 Å². The molecule has 39 heavy (non-hydrogen) atoms. The van der Waals surface area contributed by atoms with Gasteiger partial charge in [0.1, 0.15) is 5.82 Å². The highest BCUT2D eigenvalue weighted by Crippen LogP contribution is 2.36. The fraction of sp³-hybridized carbons (Fsp3) is 0.333. The number of aromatic amines is 1. The van der Waals surface area contributed by atoms with E-state index in [2.05, 4.69) is 71.7 Å². The third kappa shape index (κ3) is 5.39. The van der Waals surface area contributed by atoms with Gasteiger partial charge in [-0.25, -0.2) is 9.97 Å². The summed E-state index contributed by atoms with van der Waals surface area (Å²) in [5.74, 6) is 1.72. The van der Waals surface area contributed by atoms with Crippen LogP contribution in [-0.4, -0.2) is 44.6 Å². The Morgan fingerprint density at radius 3 is 2.38 bits per heavy atom. The molecule has 0 aliphatic carbocycles. The van der Waals surface area contributed by atoms with Crippen molar-refractivity contribution in [1.82, 2.24) is 24.4 Å². The second-order valence-electron chi connectivity index (χ2n) is 11.1.